The minimum atomic E-state index is 0.128. The third-order valence-corrected chi connectivity index (χ3v) is 2.18. The van der Waals surface area contributed by atoms with Gasteiger partial charge < -0.3 is 9.47 Å². The van der Waals surface area contributed by atoms with Crippen molar-refractivity contribution in [3.05, 3.63) is 0 Å². The lowest BCUT2D eigenvalue weighted by molar-refractivity contribution is -0.115. The lowest BCUT2D eigenvalue weighted by Gasteiger charge is -2.23. The third kappa shape index (κ3) is 0.864. The summed E-state index contributed by atoms with van der Waals surface area (Å²) in [5, 5.41) is 0. The lowest BCUT2D eigenvalue weighted by atomic mass is 10.0. The van der Waals surface area contributed by atoms with Crippen molar-refractivity contribution in [1.29, 1.82) is 0 Å². The Hall–Kier alpha value is -0.0800. The molecule has 0 amide bonds. The van der Waals surface area contributed by atoms with Gasteiger partial charge in [0, 0.05) is 5.92 Å². The van der Waals surface area contributed by atoms with E-state index in [2.05, 4.69) is 6.92 Å². The number of ether oxygens (including phenoxy) is 2. The third-order valence-electron chi connectivity index (χ3n) is 2.18. The van der Waals surface area contributed by atoms with Crippen LogP contribution in [0.1, 0.15) is 19.8 Å². The minimum absolute atomic E-state index is 0.128. The van der Waals surface area contributed by atoms with Crippen LogP contribution >= 0.6 is 0 Å². The quantitative estimate of drug-likeness (QED) is 0.487. The molecule has 2 aliphatic heterocycles. The van der Waals surface area contributed by atoms with Crippen LogP contribution in [0.2, 0.25) is 0 Å². The summed E-state index contributed by atoms with van der Waals surface area (Å²) >= 11 is 0. The molecule has 3 atom stereocenters. The van der Waals surface area contributed by atoms with E-state index in [9.17, 15) is 0 Å². The Balaban J connectivity index is 2.05. The number of hydrogen-bond donors (Lipinski definition) is 0. The lowest BCUT2D eigenvalue weighted by Crippen LogP contribution is -2.25. The summed E-state index contributed by atoms with van der Waals surface area (Å²) in [4.78, 5) is 0. The van der Waals surface area contributed by atoms with Crippen LogP contribution in [-0.4, -0.2) is 19.0 Å². The Labute approximate surface area is 55.1 Å². The second kappa shape index (κ2) is 1.96. The number of fused-ring (bicyclic) bond motifs is 2. The van der Waals surface area contributed by atoms with Crippen LogP contribution in [0.15, 0.2) is 0 Å². The van der Waals surface area contributed by atoms with Crippen LogP contribution in [-0.2, 0) is 9.47 Å². The Kier molecular flexibility index (Phi) is 1.24. The Morgan fingerprint density at radius 3 is 3.00 bits per heavy atom. The molecule has 0 saturated carbocycles. The highest BCUT2D eigenvalue weighted by molar-refractivity contribution is 4.76. The molecule has 0 N–H and O–H groups in total. The van der Waals surface area contributed by atoms with E-state index >= 15 is 0 Å². The van der Waals surface area contributed by atoms with Gasteiger partial charge in [0.1, 0.15) is 0 Å². The van der Waals surface area contributed by atoms with Crippen molar-refractivity contribution in [3.63, 3.8) is 0 Å². The average Bonchev–Trinajstić information content (AvgIpc) is 2.25. The zero-order chi connectivity index (χ0) is 6.27. The highest BCUT2D eigenvalue weighted by Gasteiger charge is 2.34. The predicted molar refractivity (Wildman–Crippen MR) is 33.0 cm³/mol. The zero-order valence-corrected chi connectivity index (χ0v) is 5.67. The van der Waals surface area contributed by atoms with Crippen LogP contribution in [0.25, 0.3) is 0 Å². The maximum atomic E-state index is 5.49. The monoisotopic (exact) mass is 128 g/mol. The van der Waals surface area contributed by atoms with Crippen LogP contribution in [0, 0.1) is 5.92 Å². The molecular weight excluding hydrogens is 116 g/mol. The molecule has 0 aromatic heterocycles. The summed E-state index contributed by atoms with van der Waals surface area (Å²) in [6.07, 6.45) is 3.02. The highest BCUT2D eigenvalue weighted by Crippen LogP contribution is 2.30. The van der Waals surface area contributed by atoms with E-state index in [0.717, 1.165) is 6.61 Å². The molecule has 0 spiro atoms. The topological polar surface area (TPSA) is 18.5 Å². The maximum Gasteiger partial charge on any atom is 0.160 e. The van der Waals surface area contributed by atoms with Crippen molar-refractivity contribution in [3.8, 4) is 0 Å². The fourth-order valence-electron chi connectivity index (χ4n) is 1.51. The molecule has 2 fully saturated rings. The molecular formula is C7H12O2. The molecule has 2 heteroatoms. The molecule has 0 radical (unpaired) electrons. The fourth-order valence-corrected chi connectivity index (χ4v) is 1.51. The van der Waals surface area contributed by atoms with Crippen LogP contribution in [0.5, 0.6) is 0 Å². The molecule has 2 rings (SSSR count). The highest BCUT2D eigenvalue weighted by atomic mass is 16.7. The summed E-state index contributed by atoms with van der Waals surface area (Å²) in [6.45, 7) is 3.02. The van der Waals surface area contributed by atoms with Gasteiger partial charge in [0.15, 0.2) is 6.29 Å². The molecule has 0 aliphatic carbocycles. The normalized spacial score (nSPS) is 49.7. The molecule has 2 bridgehead atoms. The van der Waals surface area contributed by atoms with Crippen molar-refractivity contribution in [2.24, 2.45) is 5.92 Å². The second-order valence-electron chi connectivity index (χ2n) is 3.01. The molecule has 2 aliphatic rings. The van der Waals surface area contributed by atoms with Gasteiger partial charge in [-0.3, -0.25) is 0 Å². The SMILES string of the molecule is CC1CCC2COC1O2. The summed E-state index contributed by atoms with van der Waals surface area (Å²) in [5.74, 6) is 0.615. The van der Waals surface area contributed by atoms with E-state index < -0.39 is 0 Å². The number of rotatable bonds is 0. The van der Waals surface area contributed by atoms with Gasteiger partial charge in [0.2, 0.25) is 0 Å². The first kappa shape index (κ1) is 5.69. The van der Waals surface area contributed by atoms with Crippen LogP contribution < -0.4 is 0 Å². The first-order chi connectivity index (χ1) is 4.36. The van der Waals surface area contributed by atoms with Gasteiger partial charge in [-0.15, -0.1) is 0 Å². The molecule has 9 heavy (non-hydrogen) atoms. The van der Waals surface area contributed by atoms with Gasteiger partial charge in [0.25, 0.3) is 0 Å². The van der Waals surface area contributed by atoms with E-state index in [1.165, 1.54) is 12.8 Å². The Morgan fingerprint density at radius 2 is 2.22 bits per heavy atom. The average molecular weight is 128 g/mol. The van der Waals surface area contributed by atoms with Crippen molar-refractivity contribution in [1.82, 2.24) is 0 Å². The largest absolute Gasteiger partial charge is 0.350 e. The van der Waals surface area contributed by atoms with E-state index in [1.54, 1.807) is 0 Å². The molecule has 2 heterocycles. The molecule has 2 nitrogen and oxygen atoms in total. The molecule has 3 unspecified atom stereocenters. The van der Waals surface area contributed by atoms with Gasteiger partial charge in [-0.25, -0.2) is 0 Å². The first-order valence-electron chi connectivity index (χ1n) is 3.63. The maximum absolute atomic E-state index is 5.49. The van der Waals surface area contributed by atoms with E-state index in [-0.39, 0.29) is 6.29 Å². The van der Waals surface area contributed by atoms with Crippen molar-refractivity contribution in [2.45, 2.75) is 32.2 Å². The molecule has 2 saturated heterocycles. The first-order valence-corrected chi connectivity index (χ1v) is 3.63. The van der Waals surface area contributed by atoms with Gasteiger partial charge in [-0.05, 0) is 12.8 Å². The van der Waals surface area contributed by atoms with Crippen LogP contribution in [0.4, 0.5) is 0 Å². The standard InChI is InChI=1S/C7H12O2/c1-5-2-3-6-4-8-7(5)9-6/h5-7H,2-4H2,1H3. The van der Waals surface area contributed by atoms with E-state index in [1.807, 2.05) is 0 Å². The van der Waals surface area contributed by atoms with Gasteiger partial charge in [-0.2, -0.15) is 0 Å². The van der Waals surface area contributed by atoms with Gasteiger partial charge in [-0.1, -0.05) is 6.92 Å². The van der Waals surface area contributed by atoms with Crippen molar-refractivity contribution in [2.75, 3.05) is 6.61 Å². The smallest absolute Gasteiger partial charge is 0.160 e. The summed E-state index contributed by atoms with van der Waals surface area (Å²) < 4.78 is 10.9. The van der Waals surface area contributed by atoms with E-state index in [4.69, 9.17) is 9.47 Å². The predicted octanol–water partition coefficient (Wildman–Crippen LogP) is 1.16. The molecule has 0 aromatic rings. The zero-order valence-electron chi connectivity index (χ0n) is 5.67. The fraction of sp³-hybridized carbons (Fsp3) is 1.00. The summed E-state index contributed by atoms with van der Waals surface area (Å²) in [6, 6.07) is 0. The Bertz CT molecular complexity index is 113. The minimum Gasteiger partial charge on any atom is -0.350 e. The van der Waals surface area contributed by atoms with Crippen molar-refractivity contribution >= 4 is 0 Å². The summed E-state index contributed by atoms with van der Waals surface area (Å²) in [5.41, 5.74) is 0. The Morgan fingerprint density at radius 1 is 1.33 bits per heavy atom. The van der Waals surface area contributed by atoms with E-state index in [0.29, 0.717) is 12.0 Å². The molecule has 52 valence electrons. The molecule has 0 aromatic carbocycles. The second-order valence-corrected chi connectivity index (χ2v) is 3.01. The van der Waals surface area contributed by atoms with Crippen molar-refractivity contribution < 1.29 is 9.47 Å². The number of hydrogen-bond acceptors (Lipinski definition) is 2. The van der Waals surface area contributed by atoms with Gasteiger partial charge >= 0.3 is 0 Å². The van der Waals surface area contributed by atoms with Crippen LogP contribution in [0.3, 0.4) is 0 Å². The van der Waals surface area contributed by atoms with Gasteiger partial charge in [0.05, 0.1) is 12.7 Å². The summed E-state index contributed by atoms with van der Waals surface area (Å²) in [7, 11) is 0.